The normalized spacial score (nSPS) is 14.1. The van der Waals surface area contributed by atoms with E-state index in [9.17, 15) is 10.1 Å². The monoisotopic (exact) mass is 580 g/mol. The molecule has 1 unspecified atom stereocenters. The van der Waals surface area contributed by atoms with Gasteiger partial charge in [-0.1, -0.05) is 67.9 Å². The van der Waals surface area contributed by atoms with Crippen molar-refractivity contribution in [3.8, 4) is 29.1 Å². The zero-order chi connectivity index (χ0) is 28.6. The molecule has 1 atom stereocenters. The predicted octanol–water partition coefficient (Wildman–Crippen LogP) is 7.79. The van der Waals surface area contributed by atoms with Crippen molar-refractivity contribution >= 4 is 29.2 Å². The summed E-state index contributed by atoms with van der Waals surface area (Å²) in [6.07, 6.45) is 5.70. The standard InChI is InChI=1S/C31H30Cl2N2O5/c1-3-4-5-6-7-14-38-26-13-8-19(15-28(26)37-2)29-23-12-10-21(17-27(23)40-30(35)24(29)18-34)39-31(36)22-11-9-20(32)16-25(22)33/h8-13,15-17,29H,3-7,14,35H2,1-2H3. The van der Waals surface area contributed by atoms with Crippen LogP contribution in [0.3, 0.4) is 0 Å². The average molecular weight is 581 g/mol. The molecule has 1 aliphatic rings. The number of allylic oxidation sites excluding steroid dienone is 1. The number of methoxy groups -OCH3 is 1. The number of carbonyl (C=O) groups is 1. The fraction of sp³-hybridized carbons (Fsp3) is 0.290. The van der Waals surface area contributed by atoms with Gasteiger partial charge in [-0.25, -0.2) is 4.79 Å². The number of ether oxygens (including phenoxy) is 4. The number of hydrogen-bond donors (Lipinski definition) is 1. The van der Waals surface area contributed by atoms with E-state index in [4.69, 9.17) is 47.9 Å². The van der Waals surface area contributed by atoms with Crippen molar-refractivity contribution in [1.29, 1.82) is 5.26 Å². The molecular formula is C31H30Cl2N2O5. The Bertz CT molecular complexity index is 1460. The highest BCUT2D eigenvalue weighted by atomic mass is 35.5. The minimum Gasteiger partial charge on any atom is -0.493 e. The molecule has 0 aliphatic carbocycles. The van der Waals surface area contributed by atoms with Crippen LogP contribution in [0.1, 0.15) is 66.4 Å². The first-order valence-corrected chi connectivity index (χ1v) is 13.8. The van der Waals surface area contributed by atoms with Gasteiger partial charge in [0.05, 0.1) is 30.2 Å². The van der Waals surface area contributed by atoms with Gasteiger partial charge >= 0.3 is 5.97 Å². The Balaban J connectivity index is 1.58. The number of nitriles is 1. The van der Waals surface area contributed by atoms with Gasteiger partial charge in [-0.2, -0.15) is 5.26 Å². The smallest absolute Gasteiger partial charge is 0.345 e. The van der Waals surface area contributed by atoms with E-state index in [0.29, 0.717) is 34.4 Å². The van der Waals surface area contributed by atoms with Gasteiger partial charge in [0, 0.05) is 16.7 Å². The first-order valence-electron chi connectivity index (χ1n) is 13.1. The second kappa shape index (κ2) is 13.5. The van der Waals surface area contributed by atoms with Crippen LogP contribution in [0.4, 0.5) is 0 Å². The fourth-order valence-electron chi connectivity index (χ4n) is 4.53. The van der Waals surface area contributed by atoms with Crippen molar-refractivity contribution < 1.29 is 23.7 Å². The van der Waals surface area contributed by atoms with Crippen LogP contribution < -0.4 is 24.7 Å². The Labute approximate surface area is 244 Å². The van der Waals surface area contributed by atoms with Crippen molar-refractivity contribution in [1.82, 2.24) is 0 Å². The van der Waals surface area contributed by atoms with E-state index < -0.39 is 11.9 Å². The van der Waals surface area contributed by atoms with E-state index in [1.807, 2.05) is 18.2 Å². The van der Waals surface area contributed by atoms with Crippen molar-refractivity contribution in [2.24, 2.45) is 5.73 Å². The van der Waals surface area contributed by atoms with Gasteiger partial charge in [0.2, 0.25) is 5.88 Å². The zero-order valence-corrected chi connectivity index (χ0v) is 23.8. The molecule has 40 heavy (non-hydrogen) atoms. The molecule has 1 heterocycles. The van der Waals surface area contributed by atoms with Crippen LogP contribution in [-0.2, 0) is 0 Å². The van der Waals surface area contributed by atoms with E-state index >= 15 is 0 Å². The van der Waals surface area contributed by atoms with E-state index in [0.717, 1.165) is 18.4 Å². The lowest BCUT2D eigenvalue weighted by Crippen LogP contribution is -2.21. The number of nitrogens with two attached hydrogens (primary N) is 1. The summed E-state index contributed by atoms with van der Waals surface area (Å²) in [6.45, 7) is 2.78. The first kappa shape index (κ1) is 29.1. The Hall–Kier alpha value is -3.86. The van der Waals surface area contributed by atoms with Crippen LogP contribution in [0.25, 0.3) is 0 Å². The van der Waals surface area contributed by atoms with Gasteiger partial charge in [0.15, 0.2) is 11.5 Å². The summed E-state index contributed by atoms with van der Waals surface area (Å²) in [7, 11) is 1.58. The molecule has 0 amide bonds. The maximum Gasteiger partial charge on any atom is 0.345 e. The van der Waals surface area contributed by atoms with Gasteiger partial charge in [-0.15, -0.1) is 0 Å². The Morgan fingerprint density at radius 2 is 1.82 bits per heavy atom. The van der Waals surface area contributed by atoms with E-state index in [1.165, 1.54) is 31.4 Å². The zero-order valence-electron chi connectivity index (χ0n) is 22.3. The SMILES string of the molecule is CCCCCCCOc1ccc(C2C(C#N)=C(N)Oc3cc(OC(=O)c4ccc(Cl)cc4Cl)ccc32)cc1OC. The van der Waals surface area contributed by atoms with Crippen LogP contribution in [0.5, 0.6) is 23.0 Å². The second-order valence-electron chi connectivity index (χ2n) is 9.31. The number of fused-ring (bicyclic) bond motifs is 1. The molecule has 1 aliphatic heterocycles. The van der Waals surface area contributed by atoms with Crippen LogP contribution in [0.2, 0.25) is 10.0 Å². The fourth-order valence-corrected chi connectivity index (χ4v) is 5.02. The number of hydrogen-bond acceptors (Lipinski definition) is 7. The lowest BCUT2D eigenvalue weighted by molar-refractivity contribution is 0.0734. The molecule has 3 aromatic rings. The van der Waals surface area contributed by atoms with E-state index in [-0.39, 0.29) is 27.8 Å². The summed E-state index contributed by atoms with van der Waals surface area (Å²) < 4.78 is 22.9. The minimum atomic E-state index is -0.652. The molecule has 0 radical (unpaired) electrons. The summed E-state index contributed by atoms with van der Waals surface area (Å²) in [5, 5.41) is 10.5. The molecule has 7 nitrogen and oxygen atoms in total. The van der Waals surface area contributed by atoms with Gasteiger partial charge in [-0.3, -0.25) is 0 Å². The van der Waals surface area contributed by atoms with Gasteiger partial charge in [-0.05, 0) is 48.4 Å². The molecule has 0 bridgehead atoms. The lowest BCUT2D eigenvalue weighted by Gasteiger charge is -2.27. The first-order chi connectivity index (χ1) is 19.4. The number of rotatable bonds is 11. The summed E-state index contributed by atoms with van der Waals surface area (Å²) in [5.74, 6) is 0.563. The Morgan fingerprint density at radius 3 is 2.55 bits per heavy atom. The van der Waals surface area contributed by atoms with E-state index in [1.54, 1.807) is 31.4 Å². The molecular weight excluding hydrogens is 551 g/mol. The Morgan fingerprint density at radius 1 is 1.02 bits per heavy atom. The highest BCUT2D eigenvalue weighted by Gasteiger charge is 2.32. The van der Waals surface area contributed by atoms with E-state index in [2.05, 4.69) is 13.0 Å². The van der Waals surface area contributed by atoms with Crippen LogP contribution >= 0.6 is 23.2 Å². The molecule has 9 heteroatoms. The number of unbranched alkanes of at least 4 members (excludes halogenated alkanes) is 4. The molecule has 208 valence electrons. The van der Waals surface area contributed by atoms with Crippen molar-refractivity contribution in [3.05, 3.63) is 92.8 Å². The molecule has 0 aromatic heterocycles. The quantitative estimate of drug-likeness (QED) is 0.140. The molecule has 0 saturated carbocycles. The lowest BCUT2D eigenvalue weighted by atomic mass is 9.83. The predicted molar refractivity (Wildman–Crippen MR) is 154 cm³/mol. The second-order valence-corrected chi connectivity index (χ2v) is 10.2. The molecule has 3 aromatic carbocycles. The number of benzene rings is 3. The summed E-state index contributed by atoms with van der Waals surface area (Å²) in [6, 6.07) is 17.2. The number of halogens is 2. The summed E-state index contributed by atoms with van der Waals surface area (Å²) >= 11 is 12.1. The summed E-state index contributed by atoms with van der Waals surface area (Å²) in [5.41, 5.74) is 8.05. The number of nitrogens with zero attached hydrogens (tertiary/aromatic N) is 1. The van der Waals surface area contributed by atoms with Crippen LogP contribution in [0.15, 0.2) is 66.1 Å². The third-order valence-electron chi connectivity index (χ3n) is 6.58. The van der Waals surface area contributed by atoms with Gasteiger partial charge < -0.3 is 24.7 Å². The van der Waals surface area contributed by atoms with Gasteiger partial charge in [0.25, 0.3) is 0 Å². The molecule has 4 rings (SSSR count). The molecule has 2 N–H and O–H groups in total. The topological polar surface area (TPSA) is 104 Å². The van der Waals surface area contributed by atoms with Crippen LogP contribution in [-0.4, -0.2) is 19.7 Å². The van der Waals surface area contributed by atoms with Crippen LogP contribution in [0, 0.1) is 11.3 Å². The van der Waals surface area contributed by atoms with Crippen molar-refractivity contribution in [2.45, 2.75) is 44.9 Å². The highest BCUT2D eigenvalue weighted by Crippen LogP contribution is 2.45. The highest BCUT2D eigenvalue weighted by molar-refractivity contribution is 6.36. The molecule has 0 saturated heterocycles. The van der Waals surface area contributed by atoms with Crippen molar-refractivity contribution in [2.75, 3.05) is 13.7 Å². The maximum atomic E-state index is 12.7. The third-order valence-corrected chi connectivity index (χ3v) is 7.13. The van der Waals surface area contributed by atoms with Gasteiger partial charge in [0.1, 0.15) is 23.1 Å². The maximum absolute atomic E-state index is 12.7. The average Bonchev–Trinajstić information content (AvgIpc) is 2.94. The Kier molecular flexibility index (Phi) is 9.81. The molecule has 0 spiro atoms. The third kappa shape index (κ3) is 6.64. The largest absolute Gasteiger partial charge is 0.493 e. The summed E-state index contributed by atoms with van der Waals surface area (Å²) in [4.78, 5) is 12.7. The van der Waals surface area contributed by atoms with Crippen molar-refractivity contribution in [3.63, 3.8) is 0 Å². The molecule has 0 fully saturated rings. The number of esters is 1. The number of carbonyl (C=O) groups excluding carboxylic acids is 1. The minimum absolute atomic E-state index is 0.0319.